The third-order valence-corrected chi connectivity index (χ3v) is 3.21. The molecule has 0 fully saturated rings. The SMILES string of the molecule is Cn1ccn(Cc2ccccc2CC(=O)NN)c(=O)c1=O. The van der Waals surface area contributed by atoms with Gasteiger partial charge in [-0.3, -0.25) is 19.8 Å². The van der Waals surface area contributed by atoms with Crippen molar-refractivity contribution in [2.45, 2.75) is 13.0 Å². The van der Waals surface area contributed by atoms with Crippen molar-refractivity contribution in [1.82, 2.24) is 14.6 Å². The third kappa shape index (κ3) is 3.26. The predicted molar refractivity (Wildman–Crippen MR) is 77.5 cm³/mol. The van der Waals surface area contributed by atoms with Gasteiger partial charge in [0.15, 0.2) is 0 Å². The van der Waals surface area contributed by atoms with Gasteiger partial charge in [-0.05, 0) is 11.1 Å². The number of nitrogens with one attached hydrogen (secondary N) is 1. The topological polar surface area (TPSA) is 99.1 Å². The lowest BCUT2D eigenvalue weighted by Gasteiger charge is -2.11. The summed E-state index contributed by atoms with van der Waals surface area (Å²) in [4.78, 5) is 34.9. The number of nitrogens with two attached hydrogens (primary N) is 1. The van der Waals surface area contributed by atoms with Crippen LogP contribution in [0.1, 0.15) is 11.1 Å². The van der Waals surface area contributed by atoms with Crippen LogP contribution in [0.2, 0.25) is 0 Å². The number of carbonyl (C=O) groups is 1. The van der Waals surface area contributed by atoms with E-state index in [2.05, 4.69) is 5.43 Å². The summed E-state index contributed by atoms with van der Waals surface area (Å²) in [5.41, 5.74) is 2.43. The van der Waals surface area contributed by atoms with Crippen LogP contribution in [-0.2, 0) is 24.8 Å². The Balaban J connectivity index is 2.37. The van der Waals surface area contributed by atoms with Gasteiger partial charge in [-0.2, -0.15) is 0 Å². The maximum Gasteiger partial charge on any atom is 0.316 e. The van der Waals surface area contributed by atoms with E-state index < -0.39 is 11.1 Å². The van der Waals surface area contributed by atoms with Crippen molar-refractivity contribution >= 4 is 5.91 Å². The highest BCUT2D eigenvalue weighted by Gasteiger charge is 2.09. The molecule has 0 radical (unpaired) electrons. The Bertz CT molecular complexity index is 776. The first-order valence-corrected chi connectivity index (χ1v) is 6.35. The smallest absolute Gasteiger partial charge is 0.312 e. The number of nitrogens with zero attached hydrogens (tertiary/aromatic N) is 2. The zero-order valence-electron chi connectivity index (χ0n) is 11.6. The Morgan fingerprint density at radius 3 is 2.48 bits per heavy atom. The fourth-order valence-electron chi connectivity index (χ4n) is 2.01. The molecule has 7 heteroatoms. The lowest BCUT2D eigenvalue weighted by atomic mass is 10.0. The van der Waals surface area contributed by atoms with E-state index in [-0.39, 0.29) is 18.9 Å². The maximum absolute atomic E-state index is 11.9. The fourth-order valence-corrected chi connectivity index (χ4v) is 2.01. The molecular weight excluding hydrogens is 272 g/mol. The van der Waals surface area contributed by atoms with Gasteiger partial charge in [-0.15, -0.1) is 0 Å². The van der Waals surface area contributed by atoms with Gasteiger partial charge in [0.1, 0.15) is 0 Å². The minimum Gasteiger partial charge on any atom is -0.312 e. The van der Waals surface area contributed by atoms with Crippen LogP contribution >= 0.6 is 0 Å². The second-order valence-corrected chi connectivity index (χ2v) is 4.66. The molecule has 0 aliphatic heterocycles. The highest BCUT2D eigenvalue weighted by molar-refractivity contribution is 5.78. The van der Waals surface area contributed by atoms with Gasteiger partial charge >= 0.3 is 11.1 Å². The van der Waals surface area contributed by atoms with E-state index >= 15 is 0 Å². The fraction of sp³-hybridized carbons (Fsp3) is 0.214. The summed E-state index contributed by atoms with van der Waals surface area (Å²) in [7, 11) is 1.52. The molecule has 0 spiro atoms. The van der Waals surface area contributed by atoms with Crippen LogP contribution in [-0.4, -0.2) is 15.0 Å². The summed E-state index contributed by atoms with van der Waals surface area (Å²) >= 11 is 0. The van der Waals surface area contributed by atoms with Gasteiger partial charge in [-0.25, -0.2) is 5.84 Å². The van der Waals surface area contributed by atoms with E-state index in [1.807, 2.05) is 12.1 Å². The van der Waals surface area contributed by atoms with E-state index in [9.17, 15) is 14.4 Å². The molecule has 2 rings (SSSR count). The monoisotopic (exact) mass is 288 g/mol. The number of hydrogen-bond donors (Lipinski definition) is 2. The number of benzene rings is 1. The highest BCUT2D eigenvalue weighted by Crippen LogP contribution is 2.10. The molecule has 0 saturated heterocycles. The van der Waals surface area contributed by atoms with E-state index in [1.54, 1.807) is 18.3 Å². The van der Waals surface area contributed by atoms with Crippen molar-refractivity contribution in [2.75, 3.05) is 0 Å². The third-order valence-electron chi connectivity index (χ3n) is 3.21. The summed E-state index contributed by atoms with van der Waals surface area (Å²) in [6.07, 6.45) is 3.19. The summed E-state index contributed by atoms with van der Waals surface area (Å²) in [5, 5.41) is 0. The van der Waals surface area contributed by atoms with Crippen LogP contribution in [0, 0.1) is 0 Å². The molecule has 1 heterocycles. The van der Waals surface area contributed by atoms with E-state index in [1.165, 1.54) is 22.4 Å². The largest absolute Gasteiger partial charge is 0.316 e. The van der Waals surface area contributed by atoms with Gasteiger partial charge < -0.3 is 9.13 Å². The minimum atomic E-state index is -0.599. The Morgan fingerprint density at radius 2 is 1.81 bits per heavy atom. The molecule has 1 aromatic heterocycles. The molecule has 21 heavy (non-hydrogen) atoms. The minimum absolute atomic E-state index is 0.117. The lowest BCUT2D eigenvalue weighted by Crippen LogP contribution is -2.39. The summed E-state index contributed by atoms with van der Waals surface area (Å²) < 4.78 is 2.55. The van der Waals surface area contributed by atoms with Crippen molar-refractivity contribution in [1.29, 1.82) is 0 Å². The van der Waals surface area contributed by atoms with Crippen molar-refractivity contribution in [2.24, 2.45) is 12.9 Å². The molecule has 1 aromatic carbocycles. The molecule has 0 saturated carbocycles. The first-order valence-electron chi connectivity index (χ1n) is 6.35. The number of carbonyl (C=O) groups excluding carboxylic acids is 1. The summed E-state index contributed by atoms with van der Waals surface area (Å²) in [6.45, 7) is 0.225. The Morgan fingerprint density at radius 1 is 1.14 bits per heavy atom. The van der Waals surface area contributed by atoms with Gasteiger partial charge in [0, 0.05) is 19.4 Å². The van der Waals surface area contributed by atoms with Crippen LogP contribution in [0.15, 0.2) is 46.2 Å². The molecule has 0 atom stereocenters. The lowest BCUT2D eigenvalue weighted by molar-refractivity contribution is -0.120. The number of aromatic nitrogens is 2. The zero-order valence-corrected chi connectivity index (χ0v) is 11.6. The molecule has 110 valence electrons. The van der Waals surface area contributed by atoms with E-state index in [0.29, 0.717) is 0 Å². The molecule has 0 aliphatic carbocycles. The Kier molecular flexibility index (Phi) is 4.34. The second-order valence-electron chi connectivity index (χ2n) is 4.66. The average Bonchev–Trinajstić information content (AvgIpc) is 2.49. The summed E-state index contributed by atoms with van der Waals surface area (Å²) in [5.74, 6) is 4.76. The van der Waals surface area contributed by atoms with Gasteiger partial charge in [0.25, 0.3) is 0 Å². The number of hydrogen-bond acceptors (Lipinski definition) is 4. The molecule has 0 unspecified atom stereocenters. The molecule has 1 amide bonds. The maximum atomic E-state index is 11.9. The Hall–Kier alpha value is -2.67. The first kappa shape index (κ1) is 14.7. The predicted octanol–water partition coefficient (Wildman–Crippen LogP) is -0.872. The first-order chi connectivity index (χ1) is 10.0. The number of rotatable bonds is 4. The number of aryl methyl sites for hydroxylation is 1. The summed E-state index contributed by atoms with van der Waals surface area (Å²) in [6, 6.07) is 7.21. The second kappa shape index (κ2) is 6.19. The molecule has 0 aliphatic rings. The van der Waals surface area contributed by atoms with Gasteiger partial charge in [0.2, 0.25) is 5.91 Å². The molecule has 2 aromatic rings. The van der Waals surface area contributed by atoms with Crippen LogP contribution in [0.5, 0.6) is 0 Å². The van der Waals surface area contributed by atoms with Crippen LogP contribution < -0.4 is 22.4 Å². The van der Waals surface area contributed by atoms with Crippen LogP contribution in [0.3, 0.4) is 0 Å². The van der Waals surface area contributed by atoms with Crippen molar-refractivity contribution in [3.8, 4) is 0 Å². The van der Waals surface area contributed by atoms with Gasteiger partial charge in [-0.1, -0.05) is 24.3 Å². The van der Waals surface area contributed by atoms with E-state index in [4.69, 9.17) is 5.84 Å². The molecule has 3 N–H and O–H groups in total. The van der Waals surface area contributed by atoms with Crippen LogP contribution in [0.25, 0.3) is 0 Å². The highest BCUT2D eigenvalue weighted by atomic mass is 16.2. The van der Waals surface area contributed by atoms with Crippen molar-refractivity contribution < 1.29 is 4.79 Å². The van der Waals surface area contributed by atoms with Crippen LogP contribution in [0.4, 0.5) is 0 Å². The quantitative estimate of drug-likeness (QED) is 0.330. The van der Waals surface area contributed by atoms with Crippen molar-refractivity contribution in [3.63, 3.8) is 0 Å². The number of hydrazine groups is 1. The Labute approximate surface area is 120 Å². The zero-order chi connectivity index (χ0) is 15.4. The average molecular weight is 288 g/mol. The normalized spacial score (nSPS) is 10.4. The number of amides is 1. The standard InChI is InChI=1S/C14H16N4O3/c1-17-6-7-18(14(21)13(17)20)9-11-5-3-2-4-10(11)8-12(19)16-15/h2-7H,8-9,15H2,1H3,(H,16,19). The molecular formula is C14H16N4O3. The van der Waals surface area contributed by atoms with E-state index in [0.717, 1.165) is 11.1 Å². The van der Waals surface area contributed by atoms with Crippen molar-refractivity contribution in [3.05, 3.63) is 68.5 Å². The molecule has 0 bridgehead atoms. The van der Waals surface area contributed by atoms with Gasteiger partial charge in [0.05, 0.1) is 13.0 Å². The molecule has 7 nitrogen and oxygen atoms in total.